The highest BCUT2D eigenvalue weighted by Crippen LogP contribution is 2.35. The quantitative estimate of drug-likeness (QED) is 0.869. The van der Waals surface area contributed by atoms with E-state index in [2.05, 4.69) is 14.6 Å². The molecule has 0 aliphatic carbocycles. The minimum Gasteiger partial charge on any atom is -0.481 e. The third kappa shape index (κ3) is 2.78. The Morgan fingerprint density at radius 2 is 2.38 bits per heavy atom. The van der Waals surface area contributed by atoms with E-state index in [4.69, 9.17) is 5.11 Å². The number of carboxylic acids is 1. The Balaban J connectivity index is 2.07. The van der Waals surface area contributed by atoms with Gasteiger partial charge in [-0.2, -0.15) is 16.9 Å². The highest BCUT2D eigenvalue weighted by atomic mass is 32.2. The van der Waals surface area contributed by atoms with Gasteiger partial charge in [-0.3, -0.25) is 14.0 Å². The van der Waals surface area contributed by atoms with Crippen molar-refractivity contribution < 1.29 is 9.90 Å². The first-order valence-electron chi connectivity index (χ1n) is 6.91. The van der Waals surface area contributed by atoms with E-state index in [9.17, 15) is 4.79 Å². The second kappa shape index (κ2) is 5.92. The number of aliphatic carboxylic acids is 1. The molecule has 0 radical (unpaired) electrons. The van der Waals surface area contributed by atoms with E-state index in [1.54, 1.807) is 0 Å². The van der Waals surface area contributed by atoms with Crippen LogP contribution in [0.5, 0.6) is 0 Å². The summed E-state index contributed by atoms with van der Waals surface area (Å²) in [5.41, 5.74) is 2.79. The molecule has 21 heavy (non-hydrogen) atoms. The molecule has 0 bridgehead atoms. The van der Waals surface area contributed by atoms with Gasteiger partial charge in [-0.25, -0.2) is 4.98 Å². The van der Waals surface area contributed by atoms with Gasteiger partial charge in [0.2, 0.25) is 0 Å². The summed E-state index contributed by atoms with van der Waals surface area (Å²) in [7, 11) is 1.93. The smallest absolute Gasteiger partial charge is 0.313 e. The van der Waals surface area contributed by atoms with Gasteiger partial charge < -0.3 is 5.11 Å². The van der Waals surface area contributed by atoms with Crippen LogP contribution in [-0.2, 0) is 11.8 Å². The van der Waals surface area contributed by atoms with Crippen molar-refractivity contribution in [3.63, 3.8) is 0 Å². The van der Waals surface area contributed by atoms with Crippen LogP contribution in [0.3, 0.4) is 0 Å². The van der Waals surface area contributed by atoms with Crippen molar-refractivity contribution in [3.05, 3.63) is 5.69 Å². The molecule has 2 aromatic rings. The Labute approximate surface area is 131 Å². The average Bonchev–Trinajstić information content (AvgIpc) is 2.96. The monoisotopic (exact) mass is 326 g/mol. The fourth-order valence-electron chi connectivity index (χ4n) is 2.76. The van der Waals surface area contributed by atoms with Crippen LogP contribution in [0.25, 0.3) is 11.2 Å². The van der Waals surface area contributed by atoms with E-state index in [-0.39, 0.29) is 5.75 Å². The second-order valence-corrected chi connectivity index (χ2v) is 7.29. The highest BCUT2D eigenvalue weighted by Gasteiger charge is 2.25. The Bertz CT molecular complexity index is 673. The topological polar surface area (TPSA) is 72.9 Å². The number of imidazole rings is 1. The van der Waals surface area contributed by atoms with Gasteiger partial charge in [-0.05, 0) is 25.5 Å². The lowest BCUT2D eigenvalue weighted by atomic mass is 10.2. The third-order valence-corrected chi connectivity index (χ3v) is 5.76. The number of hydrogen-bond donors (Lipinski definition) is 1. The molecule has 0 spiro atoms. The Morgan fingerprint density at radius 3 is 3.05 bits per heavy atom. The molecule has 1 N–H and O–H groups in total. The summed E-state index contributed by atoms with van der Waals surface area (Å²) in [6.07, 6.45) is 2.30. The lowest BCUT2D eigenvalue weighted by Gasteiger charge is -2.24. The predicted molar refractivity (Wildman–Crippen MR) is 85.2 cm³/mol. The molecule has 1 aliphatic heterocycles. The number of hydrogen-bond acceptors (Lipinski definition) is 5. The molecule has 1 unspecified atom stereocenters. The normalized spacial score (nSPS) is 19.2. The van der Waals surface area contributed by atoms with Crippen molar-refractivity contribution >= 4 is 40.7 Å². The van der Waals surface area contributed by atoms with Crippen LogP contribution in [0.2, 0.25) is 0 Å². The lowest BCUT2D eigenvalue weighted by molar-refractivity contribution is -0.133. The summed E-state index contributed by atoms with van der Waals surface area (Å²) >= 11 is 3.25. The number of carboxylic acid groups (broad SMARTS) is 1. The largest absolute Gasteiger partial charge is 0.481 e. The van der Waals surface area contributed by atoms with Gasteiger partial charge >= 0.3 is 5.97 Å². The fourth-order valence-corrected chi connectivity index (χ4v) is 4.67. The molecular formula is C13H18N4O2S2. The molecule has 3 rings (SSSR count). The summed E-state index contributed by atoms with van der Waals surface area (Å²) in [6.45, 7) is 1.95. The summed E-state index contributed by atoms with van der Waals surface area (Å²) < 4.78 is 4.07. The van der Waals surface area contributed by atoms with Crippen LogP contribution in [0.1, 0.15) is 24.6 Å². The molecule has 6 nitrogen and oxygen atoms in total. The maximum absolute atomic E-state index is 10.9. The molecule has 1 aliphatic rings. The molecule has 8 heteroatoms. The lowest BCUT2D eigenvalue weighted by Crippen LogP contribution is -2.18. The molecule has 1 saturated heterocycles. The predicted octanol–water partition coefficient (Wildman–Crippen LogP) is 2.32. The Hall–Kier alpha value is -1.15. The summed E-state index contributed by atoms with van der Waals surface area (Å²) in [6, 6.07) is 0.375. The van der Waals surface area contributed by atoms with Gasteiger partial charge in [0.1, 0.15) is 5.52 Å². The fraction of sp³-hybridized carbons (Fsp3) is 0.615. The van der Waals surface area contributed by atoms with E-state index >= 15 is 0 Å². The Morgan fingerprint density at radius 1 is 1.57 bits per heavy atom. The number of rotatable bonds is 4. The van der Waals surface area contributed by atoms with E-state index < -0.39 is 5.97 Å². The van der Waals surface area contributed by atoms with Gasteiger partial charge in [0.25, 0.3) is 0 Å². The molecular weight excluding hydrogens is 308 g/mol. The van der Waals surface area contributed by atoms with Crippen molar-refractivity contribution in [2.75, 3.05) is 17.3 Å². The number of thioether (sulfide) groups is 2. The van der Waals surface area contributed by atoms with Gasteiger partial charge in [0, 0.05) is 18.8 Å². The number of fused-ring (bicyclic) bond motifs is 1. The standard InChI is InChI=1S/C13H18N4O2S2/c1-8-11-12(16(2)15-8)17(9-4-3-5-20-6-9)13(14-11)21-7-10(18)19/h9H,3-7H2,1-2H3,(H,18,19). The summed E-state index contributed by atoms with van der Waals surface area (Å²) in [4.78, 5) is 15.5. The van der Waals surface area contributed by atoms with Crippen molar-refractivity contribution in [2.45, 2.75) is 31.0 Å². The number of aryl methyl sites for hydroxylation is 2. The van der Waals surface area contributed by atoms with Gasteiger partial charge in [0.05, 0.1) is 11.4 Å². The zero-order valence-corrected chi connectivity index (χ0v) is 13.7. The Kier molecular flexibility index (Phi) is 4.17. The molecule has 2 aromatic heterocycles. The molecule has 0 saturated carbocycles. The highest BCUT2D eigenvalue weighted by molar-refractivity contribution is 8.00. The average molecular weight is 326 g/mol. The zero-order valence-electron chi connectivity index (χ0n) is 12.1. The van der Waals surface area contributed by atoms with Crippen molar-refractivity contribution in [1.29, 1.82) is 0 Å². The SMILES string of the molecule is Cc1nn(C)c2c1nc(SCC(=O)O)n2C1CCCSC1. The number of nitrogens with zero attached hydrogens (tertiary/aromatic N) is 4. The van der Waals surface area contributed by atoms with Crippen molar-refractivity contribution in [2.24, 2.45) is 7.05 Å². The van der Waals surface area contributed by atoms with Crippen LogP contribution in [-0.4, -0.2) is 47.7 Å². The van der Waals surface area contributed by atoms with Gasteiger partial charge in [-0.1, -0.05) is 11.8 Å². The first-order valence-corrected chi connectivity index (χ1v) is 9.06. The van der Waals surface area contributed by atoms with E-state index in [0.717, 1.165) is 34.2 Å². The van der Waals surface area contributed by atoms with Crippen LogP contribution in [0.15, 0.2) is 5.16 Å². The van der Waals surface area contributed by atoms with E-state index in [1.165, 1.54) is 23.9 Å². The minimum absolute atomic E-state index is 0.0374. The summed E-state index contributed by atoms with van der Waals surface area (Å²) in [5.74, 6) is 1.48. The minimum atomic E-state index is -0.813. The molecule has 114 valence electrons. The third-order valence-electron chi connectivity index (χ3n) is 3.63. The maximum Gasteiger partial charge on any atom is 0.313 e. The van der Waals surface area contributed by atoms with E-state index in [0.29, 0.717) is 6.04 Å². The first kappa shape index (κ1) is 14.8. The molecule has 0 amide bonds. The van der Waals surface area contributed by atoms with Crippen LogP contribution >= 0.6 is 23.5 Å². The summed E-state index contributed by atoms with van der Waals surface area (Å²) in [5, 5.41) is 14.2. The molecule has 3 heterocycles. The van der Waals surface area contributed by atoms with Crippen LogP contribution in [0.4, 0.5) is 0 Å². The van der Waals surface area contributed by atoms with Crippen molar-refractivity contribution in [3.8, 4) is 0 Å². The number of carbonyl (C=O) groups is 1. The number of aromatic nitrogens is 4. The molecule has 1 fully saturated rings. The van der Waals surface area contributed by atoms with Crippen molar-refractivity contribution in [1.82, 2.24) is 19.3 Å². The van der Waals surface area contributed by atoms with Crippen LogP contribution in [0, 0.1) is 6.92 Å². The van der Waals surface area contributed by atoms with Gasteiger partial charge in [-0.15, -0.1) is 0 Å². The van der Waals surface area contributed by atoms with Gasteiger partial charge in [0.15, 0.2) is 10.8 Å². The second-order valence-electron chi connectivity index (χ2n) is 5.20. The zero-order chi connectivity index (χ0) is 15.0. The van der Waals surface area contributed by atoms with E-state index in [1.807, 2.05) is 30.4 Å². The molecule has 1 atom stereocenters. The molecule has 0 aromatic carbocycles. The first-order chi connectivity index (χ1) is 10.1. The van der Waals surface area contributed by atoms with Crippen LogP contribution < -0.4 is 0 Å². The maximum atomic E-state index is 10.9.